The fourth-order valence-corrected chi connectivity index (χ4v) is 4.96. The molecule has 0 atom stereocenters. The number of aryl methyl sites for hydroxylation is 3. The second-order valence-corrected chi connectivity index (χ2v) is 10.6. The van der Waals surface area contributed by atoms with E-state index in [2.05, 4.69) is 90.8 Å². The first kappa shape index (κ1) is 25.9. The Labute approximate surface area is 224 Å². The number of nitrogens with zero attached hydrogens (tertiary/aromatic N) is 5. The van der Waals surface area contributed by atoms with E-state index in [9.17, 15) is 0 Å². The first-order chi connectivity index (χ1) is 18.3. The van der Waals surface area contributed by atoms with Gasteiger partial charge in [-0.05, 0) is 69.5 Å². The number of nitrogens with one attached hydrogen (secondary N) is 2. The largest absolute Gasteiger partial charge is 0.382 e. The number of hydrogen-bond acceptors (Lipinski definition) is 8. The van der Waals surface area contributed by atoms with Crippen molar-refractivity contribution in [2.45, 2.75) is 46.3 Å². The van der Waals surface area contributed by atoms with E-state index in [1.807, 2.05) is 4.68 Å². The number of fused-ring (bicyclic) bond motifs is 1. The predicted molar refractivity (Wildman–Crippen MR) is 155 cm³/mol. The van der Waals surface area contributed by atoms with Crippen molar-refractivity contribution >= 4 is 34.2 Å². The quantitative estimate of drug-likeness (QED) is 0.312. The number of methoxy groups -OCH3 is 1. The first-order valence-corrected chi connectivity index (χ1v) is 13.2. The van der Waals surface area contributed by atoms with E-state index in [0.717, 1.165) is 66.1 Å². The number of hydrogen-bond donors (Lipinski definition) is 3. The Bertz CT molecular complexity index is 1400. The van der Waals surface area contributed by atoms with Gasteiger partial charge in [0.2, 0.25) is 5.95 Å². The van der Waals surface area contributed by atoms with Crippen molar-refractivity contribution < 1.29 is 4.74 Å². The van der Waals surface area contributed by atoms with Crippen molar-refractivity contribution in [1.29, 1.82) is 0 Å². The van der Waals surface area contributed by atoms with E-state index in [1.54, 1.807) is 7.11 Å². The van der Waals surface area contributed by atoms with Crippen LogP contribution in [0.5, 0.6) is 0 Å². The highest BCUT2D eigenvalue weighted by atomic mass is 16.5. The Hall–Kier alpha value is -3.69. The van der Waals surface area contributed by atoms with Crippen LogP contribution in [0.15, 0.2) is 42.5 Å². The molecule has 2 aromatic carbocycles. The normalized spacial score (nSPS) is 14.3. The molecule has 9 heteroatoms. The Morgan fingerprint density at radius 3 is 2.37 bits per heavy atom. The predicted octanol–water partition coefficient (Wildman–Crippen LogP) is 4.66. The molecule has 5 rings (SSSR count). The highest BCUT2D eigenvalue weighted by molar-refractivity contribution is 6.00. The van der Waals surface area contributed by atoms with Crippen LogP contribution in [0.3, 0.4) is 0 Å². The van der Waals surface area contributed by atoms with Gasteiger partial charge in [-0.3, -0.25) is 0 Å². The van der Waals surface area contributed by atoms with Crippen LogP contribution in [0.4, 0.5) is 23.1 Å². The van der Waals surface area contributed by atoms with E-state index >= 15 is 0 Å². The van der Waals surface area contributed by atoms with Crippen LogP contribution in [0.25, 0.3) is 22.3 Å². The average molecular weight is 515 g/mol. The molecule has 4 N–H and O–H groups in total. The van der Waals surface area contributed by atoms with Crippen LogP contribution in [0.1, 0.15) is 31.4 Å². The lowest BCUT2D eigenvalue weighted by Crippen LogP contribution is -2.43. The van der Waals surface area contributed by atoms with Crippen LogP contribution in [-0.4, -0.2) is 58.6 Å². The standard InChI is InChI=1S/C29H38N8O/c1-19-7-6-8-20(2)23(19)25-24-26(30)35-37(16-13-29(3,4)38-5)27(24)34-28(33-25)32-21-9-11-22(12-10-21)36-17-14-31-15-18-36/h6-12,31H,13-18H2,1-5H3,(H2,30,35)(H,32,33,34). The zero-order valence-corrected chi connectivity index (χ0v) is 23.0. The van der Waals surface area contributed by atoms with Gasteiger partial charge in [0, 0.05) is 56.8 Å². The summed E-state index contributed by atoms with van der Waals surface area (Å²) < 4.78 is 7.51. The van der Waals surface area contributed by atoms with Crippen LogP contribution < -0.4 is 21.3 Å². The maximum Gasteiger partial charge on any atom is 0.229 e. The second-order valence-electron chi connectivity index (χ2n) is 10.6. The van der Waals surface area contributed by atoms with Crippen molar-refractivity contribution in [2.24, 2.45) is 0 Å². The summed E-state index contributed by atoms with van der Waals surface area (Å²) in [5.74, 6) is 0.942. The third-order valence-corrected chi connectivity index (χ3v) is 7.42. The Balaban J connectivity index is 1.56. The molecule has 4 aromatic rings. The highest BCUT2D eigenvalue weighted by Gasteiger charge is 2.23. The number of rotatable bonds is 8. The van der Waals surface area contributed by atoms with Crippen LogP contribution in [0.2, 0.25) is 0 Å². The summed E-state index contributed by atoms with van der Waals surface area (Å²) in [6, 6.07) is 14.7. The molecule has 0 bridgehead atoms. The number of piperazine rings is 1. The van der Waals surface area contributed by atoms with E-state index in [4.69, 9.17) is 20.4 Å². The zero-order chi connectivity index (χ0) is 26.9. The SMILES string of the molecule is COC(C)(C)CCn1nc(N)c2c(-c3c(C)cccc3C)nc(Nc3ccc(N4CCNCC4)cc3)nc21. The molecule has 38 heavy (non-hydrogen) atoms. The van der Waals surface area contributed by atoms with Gasteiger partial charge in [-0.1, -0.05) is 18.2 Å². The number of ether oxygens (including phenoxy) is 1. The van der Waals surface area contributed by atoms with Crippen molar-refractivity contribution in [1.82, 2.24) is 25.1 Å². The van der Waals surface area contributed by atoms with Crippen molar-refractivity contribution in [3.63, 3.8) is 0 Å². The molecule has 1 fully saturated rings. The molecule has 0 aliphatic carbocycles. The lowest BCUT2D eigenvalue weighted by Gasteiger charge is -2.29. The Morgan fingerprint density at radius 2 is 1.71 bits per heavy atom. The number of benzene rings is 2. The summed E-state index contributed by atoms with van der Waals surface area (Å²) in [7, 11) is 1.73. The second kappa shape index (κ2) is 10.6. The molecule has 1 aliphatic heterocycles. The number of nitrogen functional groups attached to an aromatic ring is 1. The van der Waals surface area contributed by atoms with Gasteiger partial charge in [-0.2, -0.15) is 10.1 Å². The molecule has 200 valence electrons. The summed E-state index contributed by atoms with van der Waals surface area (Å²) in [4.78, 5) is 12.3. The lowest BCUT2D eigenvalue weighted by atomic mass is 9.98. The minimum atomic E-state index is -0.289. The average Bonchev–Trinajstić information content (AvgIpc) is 3.23. The van der Waals surface area contributed by atoms with Gasteiger partial charge in [0.05, 0.1) is 16.7 Å². The van der Waals surface area contributed by atoms with Gasteiger partial charge >= 0.3 is 0 Å². The topological polar surface area (TPSA) is 106 Å². The van der Waals surface area contributed by atoms with Crippen molar-refractivity contribution in [3.05, 3.63) is 53.6 Å². The minimum absolute atomic E-state index is 0.289. The monoisotopic (exact) mass is 514 g/mol. The Kier molecular flexibility index (Phi) is 7.23. The van der Waals surface area contributed by atoms with Gasteiger partial charge in [-0.25, -0.2) is 9.67 Å². The minimum Gasteiger partial charge on any atom is -0.382 e. The van der Waals surface area contributed by atoms with Gasteiger partial charge < -0.3 is 26.0 Å². The van der Waals surface area contributed by atoms with Gasteiger partial charge in [0.25, 0.3) is 0 Å². The molecule has 0 saturated carbocycles. The number of anilines is 4. The highest BCUT2D eigenvalue weighted by Crippen LogP contribution is 2.36. The van der Waals surface area contributed by atoms with Gasteiger partial charge in [0.15, 0.2) is 11.5 Å². The first-order valence-electron chi connectivity index (χ1n) is 13.2. The molecule has 9 nitrogen and oxygen atoms in total. The van der Waals surface area contributed by atoms with Crippen LogP contribution in [-0.2, 0) is 11.3 Å². The molecule has 0 spiro atoms. The molecule has 1 aliphatic rings. The molecule has 2 aromatic heterocycles. The summed E-state index contributed by atoms with van der Waals surface area (Å²) in [5, 5.41) is 12.3. The molecule has 3 heterocycles. The van der Waals surface area contributed by atoms with Crippen LogP contribution >= 0.6 is 0 Å². The molecule has 0 unspecified atom stereocenters. The third-order valence-electron chi connectivity index (χ3n) is 7.42. The van der Waals surface area contributed by atoms with Gasteiger partial charge in [0.1, 0.15) is 0 Å². The summed E-state index contributed by atoms with van der Waals surface area (Å²) >= 11 is 0. The molecular formula is C29H38N8O. The fourth-order valence-electron chi connectivity index (χ4n) is 4.96. The summed E-state index contributed by atoms with van der Waals surface area (Å²) in [6.45, 7) is 13.0. The molecule has 0 amide bonds. The molecule has 0 radical (unpaired) electrons. The van der Waals surface area contributed by atoms with Crippen molar-refractivity contribution in [2.75, 3.05) is 49.2 Å². The maximum atomic E-state index is 6.50. The van der Waals surface area contributed by atoms with E-state index in [-0.39, 0.29) is 5.60 Å². The van der Waals surface area contributed by atoms with Gasteiger partial charge in [-0.15, -0.1) is 0 Å². The zero-order valence-electron chi connectivity index (χ0n) is 23.0. The Morgan fingerprint density at radius 1 is 1.03 bits per heavy atom. The van der Waals surface area contributed by atoms with E-state index in [0.29, 0.717) is 24.0 Å². The summed E-state index contributed by atoms with van der Waals surface area (Å²) in [6.07, 6.45) is 0.763. The third kappa shape index (κ3) is 5.30. The van der Waals surface area contributed by atoms with E-state index in [1.165, 1.54) is 5.69 Å². The lowest BCUT2D eigenvalue weighted by molar-refractivity contribution is 0.0116. The summed E-state index contributed by atoms with van der Waals surface area (Å²) in [5.41, 5.74) is 13.2. The molecule has 1 saturated heterocycles. The molecular weight excluding hydrogens is 476 g/mol. The maximum absolute atomic E-state index is 6.50. The number of aromatic nitrogens is 4. The smallest absolute Gasteiger partial charge is 0.229 e. The van der Waals surface area contributed by atoms with E-state index < -0.39 is 0 Å². The number of nitrogens with two attached hydrogens (primary N) is 1. The van der Waals surface area contributed by atoms with Crippen molar-refractivity contribution in [3.8, 4) is 11.3 Å². The fraction of sp³-hybridized carbons (Fsp3) is 0.414. The van der Waals surface area contributed by atoms with Crippen LogP contribution in [0, 0.1) is 13.8 Å².